The van der Waals surface area contributed by atoms with E-state index in [9.17, 15) is 0 Å². The Bertz CT molecular complexity index is 121. The van der Waals surface area contributed by atoms with Gasteiger partial charge in [0.2, 0.25) is 0 Å². The molecule has 11 heavy (non-hydrogen) atoms. The minimum Gasteiger partial charge on any atom is -0.344 e. The highest BCUT2D eigenvalue weighted by atomic mass is 31.2. The fourth-order valence-corrected chi connectivity index (χ4v) is 3.30. The van der Waals surface area contributed by atoms with Crippen molar-refractivity contribution in [2.45, 2.75) is 32.7 Å². The SMILES string of the molecule is CCC1CCOP(C)N1CC. The molecule has 1 fully saturated rings. The van der Waals surface area contributed by atoms with Crippen LogP contribution in [0.1, 0.15) is 26.7 Å². The van der Waals surface area contributed by atoms with Crippen LogP contribution in [0, 0.1) is 0 Å². The lowest BCUT2D eigenvalue weighted by atomic mass is 10.1. The first-order chi connectivity index (χ1) is 5.29. The summed E-state index contributed by atoms with van der Waals surface area (Å²) < 4.78 is 8.10. The zero-order valence-corrected chi connectivity index (χ0v) is 8.60. The van der Waals surface area contributed by atoms with Gasteiger partial charge in [0.15, 0.2) is 0 Å². The van der Waals surface area contributed by atoms with Crippen molar-refractivity contribution in [1.29, 1.82) is 0 Å². The average Bonchev–Trinajstić information content (AvgIpc) is 2.04. The van der Waals surface area contributed by atoms with Gasteiger partial charge in [0.25, 0.3) is 0 Å². The molecule has 0 saturated carbocycles. The normalized spacial score (nSPS) is 34.1. The lowest BCUT2D eigenvalue weighted by molar-refractivity contribution is 0.189. The van der Waals surface area contributed by atoms with Crippen molar-refractivity contribution >= 4 is 8.30 Å². The van der Waals surface area contributed by atoms with E-state index in [1.807, 2.05) is 0 Å². The largest absolute Gasteiger partial charge is 0.344 e. The third-order valence-electron chi connectivity index (χ3n) is 2.31. The quantitative estimate of drug-likeness (QED) is 0.598. The van der Waals surface area contributed by atoms with Gasteiger partial charge in [0.1, 0.15) is 8.30 Å². The van der Waals surface area contributed by atoms with Crippen LogP contribution in [-0.4, -0.2) is 30.5 Å². The van der Waals surface area contributed by atoms with Crippen LogP contribution in [0.15, 0.2) is 0 Å². The number of hydrogen-bond acceptors (Lipinski definition) is 2. The van der Waals surface area contributed by atoms with Crippen LogP contribution >= 0.6 is 8.30 Å². The van der Waals surface area contributed by atoms with Crippen LogP contribution in [0.3, 0.4) is 0 Å². The Morgan fingerprint density at radius 2 is 2.27 bits per heavy atom. The van der Waals surface area contributed by atoms with Crippen molar-refractivity contribution in [3.05, 3.63) is 0 Å². The van der Waals surface area contributed by atoms with Crippen LogP contribution < -0.4 is 0 Å². The Hall–Kier alpha value is 0.350. The molecular formula is C8H18NOP. The van der Waals surface area contributed by atoms with Crippen LogP contribution in [0.2, 0.25) is 0 Å². The van der Waals surface area contributed by atoms with Crippen molar-refractivity contribution in [3.8, 4) is 0 Å². The Balaban J connectivity index is 2.48. The van der Waals surface area contributed by atoms with Gasteiger partial charge in [-0.25, -0.2) is 0 Å². The monoisotopic (exact) mass is 175 g/mol. The van der Waals surface area contributed by atoms with E-state index >= 15 is 0 Å². The van der Waals surface area contributed by atoms with Gasteiger partial charge in [-0.3, -0.25) is 4.67 Å². The molecule has 2 nitrogen and oxygen atoms in total. The molecule has 0 aromatic carbocycles. The van der Waals surface area contributed by atoms with E-state index in [4.69, 9.17) is 4.52 Å². The van der Waals surface area contributed by atoms with Gasteiger partial charge in [0, 0.05) is 12.6 Å². The van der Waals surface area contributed by atoms with Crippen molar-refractivity contribution in [3.63, 3.8) is 0 Å². The molecule has 0 aliphatic carbocycles. The van der Waals surface area contributed by atoms with E-state index in [1.54, 1.807) is 0 Å². The third kappa shape index (κ3) is 2.14. The van der Waals surface area contributed by atoms with Crippen LogP contribution in [-0.2, 0) is 4.52 Å². The Morgan fingerprint density at radius 3 is 2.73 bits per heavy atom. The predicted octanol–water partition coefficient (Wildman–Crippen LogP) is 2.45. The van der Waals surface area contributed by atoms with E-state index in [0.29, 0.717) is 0 Å². The smallest absolute Gasteiger partial charge is 0.101 e. The van der Waals surface area contributed by atoms with Gasteiger partial charge in [-0.2, -0.15) is 0 Å². The molecule has 0 aromatic rings. The molecular weight excluding hydrogens is 157 g/mol. The van der Waals surface area contributed by atoms with Crippen molar-refractivity contribution in [1.82, 2.24) is 4.67 Å². The van der Waals surface area contributed by atoms with Gasteiger partial charge in [-0.1, -0.05) is 13.8 Å². The summed E-state index contributed by atoms with van der Waals surface area (Å²) in [5.74, 6) is 0. The summed E-state index contributed by atoms with van der Waals surface area (Å²) >= 11 is 0. The van der Waals surface area contributed by atoms with Gasteiger partial charge in [-0.05, 0) is 19.5 Å². The fraction of sp³-hybridized carbons (Fsp3) is 1.00. The number of rotatable bonds is 2. The first kappa shape index (κ1) is 9.44. The highest BCUT2D eigenvalue weighted by molar-refractivity contribution is 7.49. The Morgan fingerprint density at radius 1 is 1.55 bits per heavy atom. The molecule has 1 aliphatic rings. The predicted molar refractivity (Wildman–Crippen MR) is 49.9 cm³/mol. The molecule has 0 bridgehead atoms. The van der Waals surface area contributed by atoms with Crippen LogP contribution in [0.25, 0.3) is 0 Å². The summed E-state index contributed by atoms with van der Waals surface area (Å²) in [6.45, 7) is 8.80. The van der Waals surface area contributed by atoms with E-state index in [-0.39, 0.29) is 8.30 Å². The summed E-state index contributed by atoms with van der Waals surface area (Å²) in [6, 6.07) is 0.782. The van der Waals surface area contributed by atoms with Crippen molar-refractivity contribution in [2.24, 2.45) is 0 Å². The van der Waals surface area contributed by atoms with Gasteiger partial charge >= 0.3 is 0 Å². The molecule has 1 aliphatic heterocycles. The average molecular weight is 175 g/mol. The lowest BCUT2D eigenvalue weighted by Gasteiger charge is -2.38. The second kappa shape index (κ2) is 4.39. The summed E-state index contributed by atoms with van der Waals surface area (Å²) in [7, 11) is -0.267. The zero-order chi connectivity index (χ0) is 8.27. The van der Waals surface area contributed by atoms with Crippen LogP contribution in [0.4, 0.5) is 0 Å². The molecule has 1 rings (SSSR count). The molecule has 1 heterocycles. The standard InChI is InChI=1S/C8H18NOP/c1-4-8-6-7-10-11(3)9(8)5-2/h8H,4-7H2,1-3H3. The molecule has 0 N–H and O–H groups in total. The van der Waals surface area contributed by atoms with Crippen molar-refractivity contribution < 1.29 is 4.52 Å². The highest BCUT2D eigenvalue weighted by Crippen LogP contribution is 2.43. The first-order valence-electron chi connectivity index (χ1n) is 4.42. The van der Waals surface area contributed by atoms with Gasteiger partial charge in [0.05, 0.1) is 6.61 Å². The molecule has 0 aromatic heterocycles. The third-order valence-corrected chi connectivity index (χ3v) is 4.20. The maximum absolute atomic E-state index is 5.60. The van der Waals surface area contributed by atoms with Crippen molar-refractivity contribution in [2.75, 3.05) is 19.8 Å². The molecule has 0 amide bonds. The fourth-order valence-electron chi connectivity index (χ4n) is 1.65. The second-order valence-electron chi connectivity index (χ2n) is 2.90. The highest BCUT2D eigenvalue weighted by Gasteiger charge is 2.25. The molecule has 3 heteroatoms. The molecule has 66 valence electrons. The van der Waals surface area contributed by atoms with E-state index in [1.165, 1.54) is 12.8 Å². The number of nitrogens with zero attached hydrogens (tertiary/aromatic N) is 1. The summed E-state index contributed by atoms with van der Waals surface area (Å²) in [5.41, 5.74) is 0. The summed E-state index contributed by atoms with van der Waals surface area (Å²) in [5, 5.41) is 0. The topological polar surface area (TPSA) is 12.5 Å². The zero-order valence-electron chi connectivity index (χ0n) is 7.71. The summed E-state index contributed by atoms with van der Waals surface area (Å²) in [4.78, 5) is 0. The Labute approximate surface area is 70.8 Å². The van der Waals surface area contributed by atoms with E-state index < -0.39 is 0 Å². The minimum atomic E-state index is -0.267. The van der Waals surface area contributed by atoms with E-state index in [2.05, 4.69) is 25.2 Å². The second-order valence-corrected chi connectivity index (χ2v) is 4.60. The Kier molecular flexibility index (Phi) is 3.77. The molecule has 1 saturated heterocycles. The summed E-state index contributed by atoms with van der Waals surface area (Å²) in [6.07, 6.45) is 2.49. The molecule has 2 atom stereocenters. The van der Waals surface area contributed by atoms with Crippen LogP contribution in [0.5, 0.6) is 0 Å². The van der Waals surface area contributed by atoms with E-state index in [0.717, 1.165) is 19.2 Å². The lowest BCUT2D eigenvalue weighted by Crippen LogP contribution is -2.35. The van der Waals surface area contributed by atoms with Gasteiger partial charge in [-0.15, -0.1) is 0 Å². The molecule has 0 spiro atoms. The first-order valence-corrected chi connectivity index (χ1v) is 6.08. The maximum Gasteiger partial charge on any atom is 0.101 e. The number of hydrogen-bond donors (Lipinski definition) is 0. The minimum absolute atomic E-state index is 0.267. The molecule has 0 radical (unpaired) electrons. The maximum atomic E-state index is 5.60. The van der Waals surface area contributed by atoms with Gasteiger partial charge < -0.3 is 4.52 Å². The molecule has 2 unspecified atom stereocenters.